The van der Waals surface area contributed by atoms with Gasteiger partial charge in [0.05, 0.1) is 29.8 Å². The Balaban J connectivity index is 1.42. The van der Waals surface area contributed by atoms with E-state index in [9.17, 15) is 22.4 Å². The first-order chi connectivity index (χ1) is 16.3. The number of amides is 2. The Kier molecular flexibility index (Phi) is 5.27. The van der Waals surface area contributed by atoms with Gasteiger partial charge in [0.25, 0.3) is 0 Å². The fraction of sp³-hybridized carbons (Fsp3) is 0.182. The molecule has 0 aliphatic carbocycles. The summed E-state index contributed by atoms with van der Waals surface area (Å²) >= 11 is 0. The number of anilines is 1. The van der Waals surface area contributed by atoms with Crippen LogP contribution in [0, 0.1) is 5.82 Å². The van der Waals surface area contributed by atoms with Crippen LogP contribution in [0.3, 0.4) is 0 Å². The summed E-state index contributed by atoms with van der Waals surface area (Å²) in [6.07, 6.45) is -2.68. The van der Waals surface area contributed by atoms with E-state index < -0.39 is 29.6 Å². The molecule has 1 aliphatic heterocycles. The molecule has 0 saturated heterocycles. The Hall–Kier alpha value is -4.22. The van der Waals surface area contributed by atoms with Gasteiger partial charge >= 0.3 is 12.2 Å². The summed E-state index contributed by atoms with van der Waals surface area (Å²) in [6.45, 7) is 0.152. The Morgan fingerprint density at radius 2 is 1.97 bits per heavy atom. The first-order valence-corrected chi connectivity index (χ1v) is 10.1. The summed E-state index contributed by atoms with van der Waals surface area (Å²) in [5.41, 5.74) is 1.26. The van der Waals surface area contributed by atoms with Gasteiger partial charge in [-0.25, -0.2) is 14.2 Å². The van der Waals surface area contributed by atoms with Crippen LogP contribution in [0.1, 0.15) is 28.9 Å². The molecular formula is C22H16F4N6O2. The second-order valence-corrected chi connectivity index (χ2v) is 7.65. The topological polar surface area (TPSA) is 99.9 Å². The molecule has 8 nitrogen and oxygen atoms in total. The van der Waals surface area contributed by atoms with Crippen molar-refractivity contribution in [3.8, 4) is 11.4 Å². The first kappa shape index (κ1) is 21.6. The Labute approximate surface area is 189 Å². The van der Waals surface area contributed by atoms with E-state index in [4.69, 9.17) is 4.52 Å². The van der Waals surface area contributed by atoms with E-state index in [0.29, 0.717) is 11.3 Å². The van der Waals surface area contributed by atoms with Crippen LogP contribution >= 0.6 is 0 Å². The third-order valence-electron chi connectivity index (χ3n) is 5.43. The molecule has 2 aromatic carbocycles. The molecule has 1 unspecified atom stereocenters. The fourth-order valence-electron chi connectivity index (χ4n) is 3.73. The number of urea groups is 1. The minimum absolute atomic E-state index is 0.0852. The molecule has 1 aliphatic rings. The summed E-state index contributed by atoms with van der Waals surface area (Å²) in [5, 5.41) is 6.53. The highest BCUT2D eigenvalue weighted by molar-refractivity contribution is 5.89. The monoisotopic (exact) mass is 472 g/mol. The molecule has 0 fully saturated rings. The molecule has 0 saturated carbocycles. The van der Waals surface area contributed by atoms with E-state index in [1.54, 1.807) is 6.07 Å². The predicted molar refractivity (Wildman–Crippen MR) is 111 cm³/mol. The number of imidazole rings is 1. The van der Waals surface area contributed by atoms with Gasteiger partial charge in [0.15, 0.2) is 0 Å². The Morgan fingerprint density at radius 3 is 2.71 bits per heavy atom. The number of aromatic amines is 1. The number of nitrogens with zero attached hydrogens (tertiary/aromatic N) is 4. The highest BCUT2D eigenvalue weighted by Gasteiger charge is 2.36. The van der Waals surface area contributed by atoms with Gasteiger partial charge in [-0.2, -0.15) is 18.2 Å². The molecule has 2 aromatic heterocycles. The highest BCUT2D eigenvalue weighted by Crippen LogP contribution is 2.34. The zero-order chi connectivity index (χ0) is 23.9. The number of hydrogen-bond acceptors (Lipinski definition) is 5. The molecule has 5 rings (SSSR count). The SMILES string of the molecule is O=C(Nc1cccc(F)c1)N1Cc2[nH]cnc2CC1c1nc(-c2ccc(C(F)(F)F)cc2)no1. The van der Waals surface area contributed by atoms with E-state index in [1.807, 2.05) is 0 Å². The minimum atomic E-state index is -4.46. The number of carbonyl (C=O) groups is 1. The number of aromatic nitrogens is 4. The maximum Gasteiger partial charge on any atom is 0.416 e. The number of hydrogen-bond donors (Lipinski definition) is 2. The smallest absolute Gasteiger partial charge is 0.347 e. The summed E-state index contributed by atoms with van der Waals surface area (Å²) in [4.78, 5) is 26.1. The second kappa shape index (κ2) is 8.28. The minimum Gasteiger partial charge on any atom is -0.347 e. The van der Waals surface area contributed by atoms with Gasteiger partial charge in [-0.3, -0.25) is 0 Å². The average Bonchev–Trinajstić information content (AvgIpc) is 3.47. The zero-order valence-electron chi connectivity index (χ0n) is 17.3. The van der Waals surface area contributed by atoms with Crippen molar-refractivity contribution in [2.45, 2.75) is 25.2 Å². The standard InChI is InChI=1S/C22H16F4N6O2/c23-14-2-1-3-15(8-14)29-21(33)32-10-17-16(27-11-28-17)9-18(32)20-30-19(31-34-20)12-4-6-13(7-5-12)22(24,25)26/h1-8,11,18H,9-10H2,(H,27,28)(H,29,33). The van der Waals surface area contributed by atoms with Crippen molar-refractivity contribution in [1.82, 2.24) is 25.0 Å². The quantitative estimate of drug-likeness (QED) is 0.411. The van der Waals surface area contributed by atoms with Gasteiger partial charge in [0.2, 0.25) is 11.7 Å². The fourth-order valence-corrected chi connectivity index (χ4v) is 3.73. The molecule has 12 heteroatoms. The van der Waals surface area contributed by atoms with E-state index in [-0.39, 0.29) is 30.4 Å². The van der Waals surface area contributed by atoms with Crippen molar-refractivity contribution < 1.29 is 26.9 Å². The van der Waals surface area contributed by atoms with Crippen LogP contribution in [0.15, 0.2) is 59.4 Å². The molecule has 0 spiro atoms. The van der Waals surface area contributed by atoms with E-state index >= 15 is 0 Å². The predicted octanol–water partition coefficient (Wildman–Crippen LogP) is 4.95. The average molecular weight is 472 g/mol. The number of rotatable bonds is 3. The maximum atomic E-state index is 13.5. The van der Waals surface area contributed by atoms with Gasteiger partial charge in [0, 0.05) is 17.7 Å². The summed E-state index contributed by atoms with van der Waals surface area (Å²) in [7, 11) is 0. The number of benzene rings is 2. The molecule has 1 atom stereocenters. The number of carbonyl (C=O) groups excluding carboxylic acids is 1. The van der Waals surface area contributed by atoms with Crippen LogP contribution < -0.4 is 5.32 Å². The molecule has 2 amide bonds. The van der Waals surface area contributed by atoms with E-state index in [2.05, 4.69) is 25.4 Å². The molecule has 2 N–H and O–H groups in total. The highest BCUT2D eigenvalue weighted by atomic mass is 19.4. The zero-order valence-corrected chi connectivity index (χ0v) is 17.3. The van der Waals surface area contributed by atoms with Crippen LogP contribution in [0.25, 0.3) is 11.4 Å². The van der Waals surface area contributed by atoms with Crippen LogP contribution in [-0.4, -0.2) is 31.0 Å². The molecule has 34 heavy (non-hydrogen) atoms. The van der Waals surface area contributed by atoms with Crippen molar-refractivity contribution in [2.24, 2.45) is 0 Å². The number of nitrogens with one attached hydrogen (secondary N) is 2. The second-order valence-electron chi connectivity index (χ2n) is 7.65. The van der Waals surface area contributed by atoms with E-state index in [1.165, 1.54) is 41.6 Å². The molecule has 0 bridgehead atoms. The van der Waals surface area contributed by atoms with Crippen LogP contribution in [-0.2, 0) is 19.1 Å². The van der Waals surface area contributed by atoms with Crippen molar-refractivity contribution in [2.75, 3.05) is 5.32 Å². The lowest BCUT2D eigenvalue weighted by Crippen LogP contribution is -2.41. The number of halogens is 4. The normalized spacial score (nSPS) is 15.8. The van der Waals surface area contributed by atoms with Crippen molar-refractivity contribution >= 4 is 11.7 Å². The molecule has 0 radical (unpaired) electrons. The van der Waals surface area contributed by atoms with Crippen LogP contribution in [0.5, 0.6) is 0 Å². The molecule has 174 valence electrons. The van der Waals surface area contributed by atoms with Crippen molar-refractivity contribution in [3.05, 3.63) is 83.5 Å². The van der Waals surface area contributed by atoms with Gasteiger partial charge < -0.3 is 19.7 Å². The van der Waals surface area contributed by atoms with Gasteiger partial charge in [-0.05, 0) is 30.3 Å². The molecule has 3 heterocycles. The third kappa shape index (κ3) is 4.21. The number of alkyl halides is 3. The lowest BCUT2D eigenvalue weighted by atomic mass is 10.0. The first-order valence-electron chi connectivity index (χ1n) is 10.1. The summed E-state index contributed by atoms with van der Waals surface area (Å²) < 4.78 is 57.4. The number of H-pyrrole nitrogens is 1. The lowest BCUT2D eigenvalue weighted by Gasteiger charge is -2.32. The van der Waals surface area contributed by atoms with Crippen LogP contribution in [0.2, 0.25) is 0 Å². The maximum absolute atomic E-state index is 13.5. The molecule has 4 aromatic rings. The van der Waals surface area contributed by atoms with Gasteiger partial charge in [-0.1, -0.05) is 23.4 Å². The largest absolute Gasteiger partial charge is 0.416 e. The van der Waals surface area contributed by atoms with E-state index in [0.717, 1.165) is 17.8 Å². The van der Waals surface area contributed by atoms with Gasteiger partial charge in [-0.15, -0.1) is 0 Å². The summed E-state index contributed by atoms with van der Waals surface area (Å²) in [5.74, 6) is -0.318. The van der Waals surface area contributed by atoms with Gasteiger partial charge in [0.1, 0.15) is 11.9 Å². The molecular weight excluding hydrogens is 456 g/mol. The van der Waals surface area contributed by atoms with Crippen molar-refractivity contribution in [3.63, 3.8) is 0 Å². The van der Waals surface area contributed by atoms with Crippen LogP contribution in [0.4, 0.5) is 28.0 Å². The summed E-state index contributed by atoms with van der Waals surface area (Å²) in [6, 6.07) is 8.62. The lowest BCUT2D eigenvalue weighted by molar-refractivity contribution is -0.137. The van der Waals surface area contributed by atoms with Crippen molar-refractivity contribution in [1.29, 1.82) is 0 Å². The Bertz CT molecular complexity index is 1330. The third-order valence-corrected chi connectivity index (χ3v) is 5.43. The Morgan fingerprint density at radius 1 is 1.18 bits per heavy atom. The number of fused-ring (bicyclic) bond motifs is 1.